The lowest BCUT2D eigenvalue weighted by Crippen LogP contribution is -2.62. The molecule has 1 N–H and O–H groups in total. The van der Waals surface area contributed by atoms with Gasteiger partial charge in [-0.05, 0) is 19.0 Å². The topological polar surface area (TPSA) is 95.8 Å². The fraction of sp³-hybridized carbons (Fsp3) is 0.444. The zero-order valence-electron chi connectivity index (χ0n) is 14.7. The second kappa shape index (κ2) is 6.52. The summed E-state index contributed by atoms with van der Waals surface area (Å²) in [5, 5.41) is 24.1. The highest BCUT2D eigenvalue weighted by molar-refractivity contribution is 5.90. The third-order valence-corrected chi connectivity index (χ3v) is 5.03. The minimum absolute atomic E-state index is 0.127. The van der Waals surface area contributed by atoms with Gasteiger partial charge in [0.05, 0.1) is 24.4 Å². The van der Waals surface area contributed by atoms with E-state index in [9.17, 15) is 10.4 Å². The first-order chi connectivity index (χ1) is 12.7. The van der Waals surface area contributed by atoms with E-state index in [0.717, 1.165) is 42.7 Å². The smallest absolute Gasteiger partial charge is 0.145 e. The molecule has 0 spiro atoms. The predicted molar refractivity (Wildman–Crippen MR) is 95.9 cm³/mol. The van der Waals surface area contributed by atoms with Crippen molar-refractivity contribution < 1.29 is 5.11 Å². The van der Waals surface area contributed by atoms with E-state index in [4.69, 9.17) is 0 Å². The van der Waals surface area contributed by atoms with Gasteiger partial charge in [0.1, 0.15) is 24.2 Å². The summed E-state index contributed by atoms with van der Waals surface area (Å²) in [4.78, 5) is 11.0. The maximum Gasteiger partial charge on any atom is 0.145 e. The van der Waals surface area contributed by atoms with E-state index in [-0.39, 0.29) is 12.3 Å². The predicted octanol–water partition coefficient (Wildman–Crippen LogP) is 1.58. The van der Waals surface area contributed by atoms with E-state index >= 15 is 0 Å². The van der Waals surface area contributed by atoms with Gasteiger partial charge in [-0.25, -0.2) is 9.97 Å². The Morgan fingerprint density at radius 2 is 2.19 bits per heavy atom. The molecule has 8 nitrogen and oxygen atoms in total. The molecule has 0 unspecified atom stereocenters. The molecular weight excluding hydrogens is 330 g/mol. The first kappa shape index (κ1) is 16.7. The molecule has 8 heteroatoms. The third-order valence-electron chi connectivity index (χ3n) is 5.03. The normalized spacial score (nSPS) is 16.5. The van der Waals surface area contributed by atoms with Crippen molar-refractivity contribution in [2.75, 3.05) is 19.6 Å². The summed E-state index contributed by atoms with van der Waals surface area (Å²) in [5.74, 6) is 0. The Labute approximate surface area is 151 Å². The molecule has 4 rings (SSSR count). The van der Waals surface area contributed by atoms with Gasteiger partial charge in [-0.1, -0.05) is 6.92 Å². The van der Waals surface area contributed by atoms with Crippen LogP contribution in [0.4, 0.5) is 0 Å². The van der Waals surface area contributed by atoms with Crippen LogP contribution in [0.25, 0.3) is 22.3 Å². The van der Waals surface area contributed by atoms with Gasteiger partial charge in [0.2, 0.25) is 0 Å². The van der Waals surface area contributed by atoms with E-state index in [1.165, 1.54) is 6.33 Å². The van der Waals surface area contributed by atoms with Crippen LogP contribution in [0, 0.1) is 11.3 Å². The number of hydrogen-bond donors (Lipinski definition) is 1. The maximum absolute atomic E-state index is 9.41. The van der Waals surface area contributed by atoms with Crippen molar-refractivity contribution in [1.82, 2.24) is 29.2 Å². The summed E-state index contributed by atoms with van der Waals surface area (Å²) in [5.41, 5.74) is 2.10. The molecule has 0 aromatic carbocycles. The minimum atomic E-state index is -0.259. The van der Waals surface area contributed by atoms with Crippen LogP contribution < -0.4 is 0 Å². The van der Waals surface area contributed by atoms with Crippen LogP contribution in [-0.2, 0) is 12.3 Å². The first-order valence-corrected chi connectivity index (χ1v) is 8.76. The fourth-order valence-corrected chi connectivity index (χ4v) is 3.80. The summed E-state index contributed by atoms with van der Waals surface area (Å²) in [6.07, 6.45) is 8.60. The lowest BCUT2D eigenvalue weighted by atomic mass is 9.86. The van der Waals surface area contributed by atoms with E-state index in [2.05, 4.69) is 33.0 Å². The van der Waals surface area contributed by atoms with Gasteiger partial charge < -0.3 is 9.67 Å². The standard InChI is InChI=1S/C18H21N7O/c1-2-6-23-10-18(11-23,4-5-19)25-9-14(8-22-25)16-15-3-7-24(13-26)17(15)21-12-20-16/h3,7-9,12,26H,2,4,6,10-11,13H2,1H3. The molecule has 0 atom stereocenters. The number of likely N-dealkylation sites (tertiary alicyclic amines) is 1. The molecule has 3 aromatic heterocycles. The third kappa shape index (κ3) is 2.57. The Morgan fingerprint density at radius 1 is 1.35 bits per heavy atom. The molecule has 134 valence electrons. The molecule has 0 radical (unpaired) electrons. The molecule has 0 amide bonds. The Morgan fingerprint density at radius 3 is 2.92 bits per heavy atom. The Bertz CT molecular complexity index is 961. The van der Waals surface area contributed by atoms with Crippen molar-refractivity contribution in [2.45, 2.75) is 32.0 Å². The van der Waals surface area contributed by atoms with Crippen LogP contribution in [0.5, 0.6) is 0 Å². The van der Waals surface area contributed by atoms with Crippen LogP contribution in [0.15, 0.2) is 31.0 Å². The average Bonchev–Trinajstić information content (AvgIpc) is 3.26. The second-order valence-corrected chi connectivity index (χ2v) is 6.83. The Kier molecular flexibility index (Phi) is 4.18. The largest absolute Gasteiger partial charge is 0.376 e. The van der Waals surface area contributed by atoms with E-state index in [1.807, 2.05) is 16.9 Å². The quantitative estimate of drug-likeness (QED) is 0.724. The van der Waals surface area contributed by atoms with E-state index in [0.29, 0.717) is 12.1 Å². The Hall–Kier alpha value is -2.76. The summed E-state index contributed by atoms with van der Waals surface area (Å²) in [7, 11) is 0. The SMILES string of the molecule is CCCN1CC(CC#N)(n2cc(-c3ncnc4c3ccn4CO)cn2)C1. The van der Waals surface area contributed by atoms with Crippen LogP contribution in [0.3, 0.4) is 0 Å². The zero-order valence-corrected chi connectivity index (χ0v) is 14.7. The number of aliphatic hydroxyl groups is 1. The highest BCUT2D eigenvalue weighted by Gasteiger charge is 2.44. The molecule has 1 saturated heterocycles. The molecular formula is C18H21N7O. The van der Waals surface area contributed by atoms with Crippen LogP contribution in [0.2, 0.25) is 0 Å². The van der Waals surface area contributed by atoms with Gasteiger partial charge in [-0.3, -0.25) is 9.58 Å². The number of nitrogens with zero attached hydrogens (tertiary/aromatic N) is 7. The number of rotatable bonds is 6. The summed E-state index contributed by atoms with van der Waals surface area (Å²) >= 11 is 0. The number of aromatic nitrogens is 5. The van der Waals surface area contributed by atoms with Crippen molar-refractivity contribution in [2.24, 2.45) is 0 Å². The molecule has 0 saturated carbocycles. The summed E-state index contributed by atoms with van der Waals surface area (Å²) in [6, 6.07) is 4.22. The summed E-state index contributed by atoms with van der Waals surface area (Å²) < 4.78 is 3.59. The molecule has 1 fully saturated rings. The molecule has 4 heterocycles. The Balaban J connectivity index is 1.68. The van der Waals surface area contributed by atoms with Gasteiger partial charge in [-0.15, -0.1) is 0 Å². The maximum atomic E-state index is 9.41. The minimum Gasteiger partial charge on any atom is -0.376 e. The second-order valence-electron chi connectivity index (χ2n) is 6.83. The van der Waals surface area contributed by atoms with E-state index in [1.54, 1.807) is 17.0 Å². The number of nitriles is 1. The van der Waals surface area contributed by atoms with Gasteiger partial charge in [0.15, 0.2) is 0 Å². The molecule has 3 aromatic rings. The molecule has 1 aliphatic rings. The first-order valence-electron chi connectivity index (χ1n) is 8.76. The lowest BCUT2D eigenvalue weighted by molar-refractivity contribution is 0.00557. The van der Waals surface area contributed by atoms with Crippen LogP contribution in [-0.4, -0.2) is 54.0 Å². The number of hydrogen-bond acceptors (Lipinski definition) is 6. The van der Waals surface area contributed by atoms with Crippen molar-refractivity contribution in [3.8, 4) is 17.3 Å². The van der Waals surface area contributed by atoms with E-state index < -0.39 is 0 Å². The lowest BCUT2D eigenvalue weighted by Gasteiger charge is -2.49. The van der Waals surface area contributed by atoms with Gasteiger partial charge in [-0.2, -0.15) is 10.4 Å². The highest BCUT2D eigenvalue weighted by atomic mass is 16.3. The molecule has 26 heavy (non-hydrogen) atoms. The van der Waals surface area contributed by atoms with Gasteiger partial charge in [0.25, 0.3) is 0 Å². The van der Waals surface area contributed by atoms with Crippen LogP contribution in [0.1, 0.15) is 19.8 Å². The van der Waals surface area contributed by atoms with Crippen molar-refractivity contribution >= 4 is 11.0 Å². The highest BCUT2D eigenvalue weighted by Crippen LogP contribution is 2.34. The molecule has 0 bridgehead atoms. The average molecular weight is 351 g/mol. The number of fused-ring (bicyclic) bond motifs is 1. The number of aliphatic hydroxyl groups excluding tert-OH is 1. The van der Waals surface area contributed by atoms with Crippen molar-refractivity contribution in [3.63, 3.8) is 0 Å². The fourth-order valence-electron chi connectivity index (χ4n) is 3.80. The van der Waals surface area contributed by atoms with Crippen LogP contribution >= 0.6 is 0 Å². The summed E-state index contributed by atoms with van der Waals surface area (Å²) in [6.45, 7) is 4.76. The van der Waals surface area contributed by atoms with Gasteiger partial charge in [0, 0.05) is 36.4 Å². The zero-order chi connectivity index (χ0) is 18.1. The molecule has 1 aliphatic heterocycles. The van der Waals surface area contributed by atoms with Gasteiger partial charge >= 0.3 is 0 Å². The monoisotopic (exact) mass is 351 g/mol. The van der Waals surface area contributed by atoms with Crippen molar-refractivity contribution in [3.05, 3.63) is 31.0 Å². The van der Waals surface area contributed by atoms with Crippen molar-refractivity contribution in [1.29, 1.82) is 5.26 Å². The molecule has 0 aliphatic carbocycles.